The number of nitrogens with one attached hydrogen (secondary N) is 2. The average molecular weight is 359 g/mol. The van der Waals surface area contributed by atoms with Gasteiger partial charge in [-0.1, -0.05) is 17.7 Å². The third-order valence-electron chi connectivity index (χ3n) is 3.46. The lowest BCUT2D eigenvalue weighted by Gasteiger charge is -2.07. The number of anilines is 1. The molecule has 0 atom stereocenters. The summed E-state index contributed by atoms with van der Waals surface area (Å²) in [5.74, 6) is 1.49. The molecular weight excluding hydrogens is 344 g/mol. The van der Waals surface area contributed by atoms with Crippen molar-refractivity contribution in [1.82, 2.24) is 15.2 Å². The SMILES string of the molecule is COc1ccc(-c2nc(NC(=O)c3cccc(Cl)c3)n[nH]2)c(OC)c1. The zero-order valence-corrected chi connectivity index (χ0v) is 14.3. The van der Waals surface area contributed by atoms with E-state index in [1.807, 2.05) is 0 Å². The highest BCUT2D eigenvalue weighted by Gasteiger charge is 2.14. The van der Waals surface area contributed by atoms with Gasteiger partial charge in [0.25, 0.3) is 5.91 Å². The molecule has 1 amide bonds. The number of carbonyl (C=O) groups is 1. The van der Waals surface area contributed by atoms with Crippen LogP contribution in [0.1, 0.15) is 10.4 Å². The molecule has 3 rings (SSSR count). The van der Waals surface area contributed by atoms with E-state index in [2.05, 4.69) is 20.5 Å². The summed E-state index contributed by atoms with van der Waals surface area (Å²) in [7, 11) is 3.13. The number of carbonyl (C=O) groups excluding carboxylic acids is 1. The first-order valence-corrected chi connectivity index (χ1v) is 7.70. The summed E-state index contributed by atoms with van der Waals surface area (Å²) >= 11 is 5.89. The van der Waals surface area contributed by atoms with Crippen LogP contribution in [0.15, 0.2) is 42.5 Å². The van der Waals surface area contributed by atoms with Crippen molar-refractivity contribution in [3.8, 4) is 22.9 Å². The summed E-state index contributed by atoms with van der Waals surface area (Å²) < 4.78 is 10.5. The molecule has 3 aromatic rings. The van der Waals surface area contributed by atoms with Gasteiger partial charge < -0.3 is 9.47 Å². The van der Waals surface area contributed by atoms with Gasteiger partial charge >= 0.3 is 0 Å². The fourth-order valence-electron chi connectivity index (χ4n) is 2.24. The number of aromatic amines is 1. The van der Waals surface area contributed by atoms with Gasteiger partial charge in [0.15, 0.2) is 5.82 Å². The molecule has 0 saturated carbocycles. The maximum atomic E-state index is 12.2. The van der Waals surface area contributed by atoms with Crippen LogP contribution in [0.5, 0.6) is 11.5 Å². The second-order valence-electron chi connectivity index (χ2n) is 5.04. The summed E-state index contributed by atoms with van der Waals surface area (Å²) in [6.45, 7) is 0. The summed E-state index contributed by atoms with van der Waals surface area (Å²) in [6.07, 6.45) is 0. The van der Waals surface area contributed by atoms with Crippen molar-refractivity contribution in [2.75, 3.05) is 19.5 Å². The Morgan fingerprint density at radius 1 is 1.16 bits per heavy atom. The van der Waals surface area contributed by atoms with Crippen molar-refractivity contribution in [3.05, 3.63) is 53.1 Å². The lowest BCUT2D eigenvalue weighted by atomic mass is 10.2. The lowest BCUT2D eigenvalue weighted by molar-refractivity contribution is 0.102. The largest absolute Gasteiger partial charge is 0.497 e. The topological polar surface area (TPSA) is 89.1 Å². The number of methoxy groups -OCH3 is 2. The zero-order chi connectivity index (χ0) is 17.8. The highest BCUT2D eigenvalue weighted by Crippen LogP contribution is 2.31. The molecule has 0 fully saturated rings. The van der Waals surface area contributed by atoms with Crippen molar-refractivity contribution in [3.63, 3.8) is 0 Å². The normalized spacial score (nSPS) is 10.4. The predicted molar refractivity (Wildman–Crippen MR) is 94.3 cm³/mol. The minimum atomic E-state index is -0.352. The first-order chi connectivity index (χ1) is 12.1. The molecule has 0 aliphatic heterocycles. The van der Waals surface area contributed by atoms with Crippen molar-refractivity contribution < 1.29 is 14.3 Å². The summed E-state index contributed by atoms with van der Waals surface area (Å²) in [5.41, 5.74) is 1.11. The van der Waals surface area contributed by atoms with Crippen LogP contribution in [0.2, 0.25) is 5.02 Å². The van der Waals surface area contributed by atoms with E-state index in [1.165, 1.54) is 0 Å². The molecule has 0 aliphatic rings. The van der Waals surface area contributed by atoms with E-state index in [1.54, 1.807) is 56.7 Å². The Morgan fingerprint density at radius 3 is 2.72 bits per heavy atom. The molecule has 25 heavy (non-hydrogen) atoms. The standard InChI is InChI=1S/C17H15ClN4O3/c1-24-12-6-7-13(14(9-12)25-2)15-19-17(22-21-15)20-16(23)10-4-3-5-11(18)8-10/h3-9H,1-2H3,(H2,19,20,21,22,23). The van der Waals surface area contributed by atoms with E-state index in [4.69, 9.17) is 21.1 Å². The van der Waals surface area contributed by atoms with Gasteiger partial charge in [-0.2, -0.15) is 4.98 Å². The number of aromatic nitrogens is 3. The maximum absolute atomic E-state index is 12.2. The van der Waals surface area contributed by atoms with Gasteiger partial charge in [-0.15, -0.1) is 5.10 Å². The van der Waals surface area contributed by atoms with Crippen LogP contribution in [0.4, 0.5) is 5.95 Å². The van der Waals surface area contributed by atoms with E-state index < -0.39 is 0 Å². The Bertz CT molecular complexity index is 910. The Hall–Kier alpha value is -3.06. The van der Waals surface area contributed by atoms with Crippen LogP contribution < -0.4 is 14.8 Å². The number of ether oxygens (including phenoxy) is 2. The van der Waals surface area contributed by atoms with Crippen LogP contribution >= 0.6 is 11.6 Å². The quantitative estimate of drug-likeness (QED) is 0.729. The van der Waals surface area contributed by atoms with E-state index in [0.29, 0.717) is 33.5 Å². The Morgan fingerprint density at radius 2 is 2.00 bits per heavy atom. The van der Waals surface area contributed by atoms with E-state index in [-0.39, 0.29) is 11.9 Å². The fraction of sp³-hybridized carbons (Fsp3) is 0.118. The monoisotopic (exact) mass is 358 g/mol. The Labute approximate surface area is 148 Å². The minimum absolute atomic E-state index is 0.151. The molecule has 8 heteroatoms. The fourth-order valence-corrected chi connectivity index (χ4v) is 2.43. The smallest absolute Gasteiger partial charge is 0.258 e. The van der Waals surface area contributed by atoms with Gasteiger partial charge in [-0.25, -0.2) is 0 Å². The first-order valence-electron chi connectivity index (χ1n) is 7.32. The second-order valence-corrected chi connectivity index (χ2v) is 5.47. The highest BCUT2D eigenvalue weighted by atomic mass is 35.5. The first kappa shape index (κ1) is 16.8. The van der Waals surface area contributed by atoms with Crippen molar-refractivity contribution >= 4 is 23.5 Å². The number of rotatable bonds is 5. The van der Waals surface area contributed by atoms with Crippen LogP contribution in [-0.2, 0) is 0 Å². The van der Waals surface area contributed by atoms with E-state index in [9.17, 15) is 4.79 Å². The van der Waals surface area contributed by atoms with Crippen LogP contribution in [-0.4, -0.2) is 35.3 Å². The number of amides is 1. The van der Waals surface area contributed by atoms with E-state index in [0.717, 1.165) is 0 Å². The van der Waals surface area contributed by atoms with Gasteiger partial charge in [-0.05, 0) is 30.3 Å². The molecule has 0 saturated heterocycles. The number of halogens is 1. The minimum Gasteiger partial charge on any atom is -0.497 e. The van der Waals surface area contributed by atoms with Gasteiger partial charge in [-0.3, -0.25) is 15.2 Å². The third kappa shape index (κ3) is 3.72. The molecular formula is C17H15ClN4O3. The molecule has 0 unspecified atom stereocenters. The third-order valence-corrected chi connectivity index (χ3v) is 3.70. The van der Waals surface area contributed by atoms with Crippen molar-refractivity contribution in [1.29, 1.82) is 0 Å². The van der Waals surface area contributed by atoms with Crippen LogP contribution in [0.3, 0.4) is 0 Å². The van der Waals surface area contributed by atoms with E-state index >= 15 is 0 Å². The molecule has 0 bridgehead atoms. The molecule has 128 valence electrons. The summed E-state index contributed by atoms with van der Waals surface area (Å²) in [6, 6.07) is 11.9. The Kier molecular flexibility index (Phi) is 4.85. The van der Waals surface area contributed by atoms with Crippen molar-refractivity contribution in [2.45, 2.75) is 0 Å². The van der Waals surface area contributed by atoms with Gasteiger partial charge in [0.1, 0.15) is 11.5 Å². The average Bonchev–Trinajstić information content (AvgIpc) is 3.09. The zero-order valence-electron chi connectivity index (χ0n) is 13.5. The molecule has 2 aromatic carbocycles. The maximum Gasteiger partial charge on any atom is 0.258 e. The number of hydrogen-bond acceptors (Lipinski definition) is 5. The number of hydrogen-bond donors (Lipinski definition) is 2. The molecule has 0 aliphatic carbocycles. The van der Waals surface area contributed by atoms with Crippen molar-refractivity contribution in [2.24, 2.45) is 0 Å². The number of nitrogens with zero attached hydrogens (tertiary/aromatic N) is 2. The lowest BCUT2D eigenvalue weighted by Crippen LogP contribution is -2.12. The number of benzene rings is 2. The Balaban J connectivity index is 1.82. The summed E-state index contributed by atoms with van der Waals surface area (Å²) in [4.78, 5) is 16.5. The molecule has 7 nitrogen and oxygen atoms in total. The van der Waals surface area contributed by atoms with Gasteiger partial charge in [0.2, 0.25) is 5.95 Å². The molecule has 1 aromatic heterocycles. The van der Waals surface area contributed by atoms with Crippen LogP contribution in [0.25, 0.3) is 11.4 Å². The number of H-pyrrole nitrogens is 1. The molecule has 1 heterocycles. The van der Waals surface area contributed by atoms with Crippen LogP contribution in [0, 0.1) is 0 Å². The highest BCUT2D eigenvalue weighted by molar-refractivity contribution is 6.31. The molecule has 2 N–H and O–H groups in total. The second kappa shape index (κ2) is 7.23. The molecule has 0 radical (unpaired) electrons. The van der Waals surface area contributed by atoms with Gasteiger partial charge in [0.05, 0.1) is 19.8 Å². The predicted octanol–water partition coefficient (Wildman–Crippen LogP) is 3.39. The van der Waals surface area contributed by atoms with Gasteiger partial charge in [0, 0.05) is 16.7 Å². The summed E-state index contributed by atoms with van der Waals surface area (Å²) in [5, 5.41) is 9.89. The molecule has 0 spiro atoms.